The fraction of sp³-hybridized carbons (Fsp3) is 0.739. The minimum atomic E-state index is -1.31. The van der Waals surface area contributed by atoms with Crippen LogP contribution in [0.25, 0.3) is 0 Å². The number of likely N-dealkylation sites (tertiary alicyclic amines) is 1. The first-order valence-corrected chi connectivity index (χ1v) is 13.6. The second-order valence-corrected chi connectivity index (χ2v) is 10.4. The number of carbonyl (C=O) groups excluding carboxylic acids is 4. The highest BCUT2D eigenvalue weighted by Crippen LogP contribution is 2.19. The van der Waals surface area contributed by atoms with Gasteiger partial charge in [0.15, 0.2) is 0 Å². The summed E-state index contributed by atoms with van der Waals surface area (Å²) in [5, 5.41) is 25.8. The maximum Gasteiger partial charge on any atom is 0.326 e. The molecule has 0 aromatic heterocycles. The lowest BCUT2D eigenvalue weighted by molar-refractivity contribution is -0.144. The van der Waals surface area contributed by atoms with E-state index in [0.29, 0.717) is 25.0 Å². The van der Waals surface area contributed by atoms with E-state index >= 15 is 0 Å². The molecule has 37 heavy (non-hydrogen) atoms. The van der Waals surface area contributed by atoms with Gasteiger partial charge in [0.2, 0.25) is 23.6 Å². The third-order valence-electron chi connectivity index (χ3n) is 6.05. The van der Waals surface area contributed by atoms with E-state index in [2.05, 4.69) is 16.0 Å². The third-order valence-corrected chi connectivity index (χ3v) is 6.69. The summed E-state index contributed by atoms with van der Waals surface area (Å²) in [6.45, 7) is 4.95. The molecule has 1 aliphatic heterocycles. The van der Waals surface area contributed by atoms with Gasteiger partial charge in [0.1, 0.15) is 24.2 Å². The Balaban J connectivity index is 2.92. The van der Waals surface area contributed by atoms with E-state index in [4.69, 9.17) is 10.8 Å². The van der Waals surface area contributed by atoms with E-state index in [0.717, 1.165) is 0 Å². The van der Waals surface area contributed by atoms with Crippen molar-refractivity contribution in [3.05, 3.63) is 0 Å². The Kier molecular flexibility index (Phi) is 13.4. The van der Waals surface area contributed by atoms with Crippen molar-refractivity contribution in [2.75, 3.05) is 18.6 Å². The Morgan fingerprint density at radius 1 is 1.00 bits per heavy atom. The summed E-state index contributed by atoms with van der Waals surface area (Å²) in [5.74, 6) is -4.67. The SMILES string of the molecule is CSCC[C@@H](N)C(=O)N[C@H](C)C(=O)N1CCC[C@@H]1C(=O)N[C@H](CCC(=O)O)C(=O)N[C@H](C(=O)O)C(C)C. The maximum absolute atomic E-state index is 13.1. The van der Waals surface area contributed by atoms with E-state index in [9.17, 15) is 33.9 Å². The second kappa shape index (κ2) is 15.4. The number of rotatable bonds is 15. The van der Waals surface area contributed by atoms with Gasteiger partial charge < -0.3 is 36.8 Å². The quantitative estimate of drug-likeness (QED) is 0.150. The summed E-state index contributed by atoms with van der Waals surface area (Å²) in [7, 11) is 0. The maximum atomic E-state index is 13.1. The van der Waals surface area contributed by atoms with Crippen LogP contribution in [0.1, 0.15) is 52.9 Å². The van der Waals surface area contributed by atoms with Gasteiger partial charge >= 0.3 is 11.9 Å². The predicted octanol–water partition coefficient (Wildman–Crippen LogP) is -0.862. The number of carboxylic acid groups (broad SMARTS) is 2. The van der Waals surface area contributed by atoms with Gasteiger partial charge in [-0.1, -0.05) is 13.8 Å². The molecular formula is C23H39N5O8S. The number of aliphatic carboxylic acids is 2. The van der Waals surface area contributed by atoms with Crippen molar-refractivity contribution in [2.45, 2.75) is 83.1 Å². The number of hydrogen-bond donors (Lipinski definition) is 6. The minimum absolute atomic E-state index is 0.260. The van der Waals surface area contributed by atoms with Crippen LogP contribution in [0.4, 0.5) is 0 Å². The first kappa shape index (κ1) is 32.2. The third kappa shape index (κ3) is 10.2. The molecule has 0 aromatic carbocycles. The molecule has 1 fully saturated rings. The van der Waals surface area contributed by atoms with Crippen LogP contribution in [-0.4, -0.2) is 99.4 Å². The molecule has 1 saturated heterocycles. The molecule has 4 amide bonds. The molecule has 14 heteroatoms. The zero-order chi connectivity index (χ0) is 28.3. The molecule has 0 aliphatic carbocycles. The zero-order valence-corrected chi connectivity index (χ0v) is 22.5. The molecule has 0 saturated carbocycles. The van der Waals surface area contributed by atoms with Crippen molar-refractivity contribution < 1.29 is 39.0 Å². The molecule has 0 spiro atoms. The number of thioether (sulfide) groups is 1. The van der Waals surface area contributed by atoms with Gasteiger partial charge in [0.25, 0.3) is 0 Å². The highest BCUT2D eigenvalue weighted by Gasteiger charge is 2.38. The Morgan fingerprint density at radius 2 is 1.65 bits per heavy atom. The molecule has 210 valence electrons. The Labute approximate surface area is 220 Å². The standard InChI is InChI=1S/C23H39N5O8S/c1-12(2)18(23(35)36)27-20(32)15(7-8-17(29)30)26-21(33)16-6-5-10-28(16)22(34)13(3)25-19(31)14(24)9-11-37-4/h12-16,18H,5-11,24H2,1-4H3,(H,25,31)(H,26,33)(H,27,32)(H,29,30)(H,35,36)/t13-,14-,15-,16-,18+/m1/s1. The smallest absolute Gasteiger partial charge is 0.326 e. The van der Waals surface area contributed by atoms with Gasteiger partial charge in [-0.05, 0) is 50.5 Å². The largest absolute Gasteiger partial charge is 0.481 e. The Bertz CT molecular complexity index is 855. The first-order chi connectivity index (χ1) is 17.3. The van der Waals surface area contributed by atoms with Crippen LogP contribution in [0, 0.1) is 5.92 Å². The van der Waals surface area contributed by atoms with E-state index in [-0.39, 0.29) is 13.0 Å². The lowest BCUT2D eigenvalue weighted by Gasteiger charge is -2.29. The fourth-order valence-electron chi connectivity index (χ4n) is 3.88. The molecule has 13 nitrogen and oxygen atoms in total. The summed E-state index contributed by atoms with van der Waals surface area (Å²) in [6, 6.07) is -5.18. The number of amides is 4. The number of nitrogens with zero attached hydrogens (tertiary/aromatic N) is 1. The Morgan fingerprint density at radius 3 is 2.19 bits per heavy atom. The number of carbonyl (C=O) groups is 6. The summed E-state index contributed by atoms with van der Waals surface area (Å²) >= 11 is 1.54. The fourth-order valence-corrected chi connectivity index (χ4v) is 4.37. The van der Waals surface area contributed by atoms with Gasteiger partial charge in [-0.25, -0.2) is 4.79 Å². The van der Waals surface area contributed by atoms with E-state index in [1.54, 1.807) is 25.6 Å². The summed E-state index contributed by atoms with van der Waals surface area (Å²) < 4.78 is 0. The summed E-state index contributed by atoms with van der Waals surface area (Å²) in [6.07, 6.45) is 2.45. The second-order valence-electron chi connectivity index (χ2n) is 9.37. The van der Waals surface area contributed by atoms with Crippen molar-refractivity contribution in [3.8, 4) is 0 Å². The number of carboxylic acids is 2. The van der Waals surface area contributed by atoms with Crippen molar-refractivity contribution in [1.82, 2.24) is 20.9 Å². The van der Waals surface area contributed by atoms with E-state index < -0.39 is 78.1 Å². The van der Waals surface area contributed by atoms with Crippen LogP contribution in [0.2, 0.25) is 0 Å². The van der Waals surface area contributed by atoms with Gasteiger partial charge in [-0.2, -0.15) is 11.8 Å². The average molecular weight is 546 g/mol. The van der Waals surface area contributed by atoms with E-state index in [1.807, 2.05) is 6.26 Å². The summed E-state index contributed by atoms with van der Waals surface area (Å²) in [4.78, 5) is 75.1. The minimum Gasteiger partial charge on any atom is -0.481 e. The average Bonchev–Trinajstić information content (AvgIpc) is 3.32. The normalized spacial score (nSPS) is 18.4. The molecule has 1 heterocycles. The van der Waals surface area contributed by atoms with Gasteiger partial charge in [-0.15, -0.1) is 0 Å². The molecule has 7 N–H and O–H groups in total. The Hall–Kier alpha value is -2.87. The van der Waals surface area contributed by atoms with Crippen molar-refractivity contribution in [3.63, 3.8) is 0 Å². The van der Waals surface area contributed by atoms with Crippen molar-refractivity contribution in [2.24, 2.45) is 11.7 Å². The lowest BCUT2D eigenvalue weighted by Crippen LogP contribution is -2.58. The van der Waals surface area contributed by atoms with Crippen LogP contribution in [0.3, 0.4) is 0 Å². The zero-order valence-electron chi connectivity index (χ0n) is 21.7. The van der Waals surface area contributed by atoms with Crippen LogP contribution in [0.15, 0.2) is 0 Å². The molecule has 5 atom stereocenters. The van der Waals surface area contributed by atoms with Crippen LogP contribution >= 0.6 is 11.8 Å². The monoisotopic (exact) mass is 545 g/mol. The topological polar surface area (TPSA) is 208 Å². The van der Waals surface area contributed by atoms with Gasteiger partial charge in [0, 0.05) is 13.0 Å². The van der Waals surface area contributed by atoms with E-state index in [1.165, 1.54) is 11.8 Å². The van der Waals surface area contributed by atoms with Crippen molar-refractivity contribution in [1.29, 1.82) is 0 Å². The van der Waals surface area contributed by atoms with Crippen LogP contribution in [0.5, 0.6) is 0 Å². The first-order valence-electron chi connectivity index (χ1n) is 12.2. The number of hydrogen-bond acceptors (Lipinski definition) is 8. The van der Waals surface area contributed by atoms with Gasteiger partial charge in [0.05, 0.1) is 6.04 Å². The van der Waals surface area contributed by atoms with Crippen molar-refractivity contribution >= 4 is 47.3 Å². The molecular weight excluding hydrogens is 506 g/mol. The number of nitrogens with two attached hydrogens (primary N) is 1. The molecule has 0 aromatic rings. The highest BCUT2D eigenvalue weighted by atomic mass is 32.2. The predicted molar refractivity (Wildman–Crippen MR) is 137 cm³/mol. The lowest BCUT2D eigenvalue weighted by atomic mass is 10.0. The molecule has 0 unspecified atom stereocenters. The molecule has 1 aliphatic rings. The molecule has 0 radical (unpaired) electrons. The highest BCUT2D eigenvalue weighted by molar-refractivity contribution is 7.98. The van der Waals surface area contributed by atoms with Crippen LogP contribution < -0.4 is 21.7 Å². The van der Waals surface area contributed by atoms with Gasteiger partial charge in [-0.3, -0.25) is 24.0 Å². The number of nitrogens with one attached hydrogen (secondary N) is 3. The van der Waals surface area contributed by atoms with Crippen LogP contribution in [-0.2, 0) is 28.8 Å². The summed E-state index contributed by atoms with van der Waals surface area (Å²) in [5.41, 5.74) is 5.85. The molecule has 0 bridgehead atoms. The molecule has 1 rings (SSSR count).